The smallest absolute Gasteiger partial charge is 0.231 e. The topological polar surface area (TPSA) is 112 Å². The quantitative estimate of drug-likeness (QED) is 0.587. The fraction of sp³-hybridized carbons (Fsp3) is 0.600. The van der Waals surface area contributed by atoms with E-state index in [-0.39, 0.29) is 36.3 Å². The first-order valence-electron chi connectivity index (χ1n) is 10.2. The van der Waals surface area contributed by atoms with Crippen molar-refractivity contribution in [1.82, 2.24) is 5.32 Å². The summed E-state index contributed by atoms with van der Waals surface area (Å²) in [6.07, 6.45) is 2.63. The molecule has 2 fully saturated rings. The van der Waals surface area contributed by atoms with Crippen LogP contribution in [0.2, 0.25) is 0 Å². The molecule has 4 aliphatic rings. The van der Waals surface area contributed by atoms with Gasteiger partial charge in [-0.2, -0.15) is 0 Å². The van der Waals surface area contributed by atoms with Crippen molar-refractivity contribution in [3.8, 4) is 11.5 Å². The van der Waals surface area contributed by atoms with Gasteiger partial charge in [0.15, 0.2) is 16.7 Å². The summed E-state index contributed by atoms with van der Waals surface area (Å²) in [5.74, 6) is 0.946. The zero-order valence-electron chi connectivity index (χ0n) is 15.9. The average molecular weight is 420 g/mol. The van der Waals surface area contributed by atoms with Gasteiger partial charge in [-0.15, -0.1) is 0 Å². The molecule has 5 atom stereocenters. The molecule has 2 saturated carbocycles. The van der Waals surface area contributed by atoms with Crippen LogP contribution in [0.4, 0.5) is 5.69 Å². The van der Waals surface area contributed by atoms with E-state index in [1.54, 1.807) is 0 Å². The summed E-state index contributed by atoms with van der Waals surface area (Å²) < 4.78 is 10.7. The van der Waals surface area contributed by atoms with Gasteiger partial charge >= 0.3 is 0 Å². The summed E-state index contributed by atoms with van der Waals surface area (Å²) in [5, 5.41) is 27.6. The largest absolute Gasteiger partial charge is 0.454 e. The number of aliphatic imine (C=N–C) groups is 1. The summed E-state index contributed by atoms with van der Waals surface area (Å²) in [4.78, 5) is 17.5. The molecule has 29 heavy (non-hydrogen) atoms. The summed E-state index contributed by atoms with van der Waals surface area (Å²) in [6, 6.07) is 5.24. The highest BCUT2D eigenvalue weighted by molar-refractivity contribution is 8.15. The van der Waals surface area contributed by atoms with Crippen molar-refractivity contribution in [1.29, 1.82) is 0 Å². The van der Waals surface area contributed by atoms with Crippen LogP contribution in [0.1, 0.15) is 32.1 Å². The molecule has 0 radical (unpaired) electrons. The number of fused-ring (bicyclic) bond motifs is 2. The van der Waals surface area contributed by atoms with Crippen molar-refractivity contribution in [3.63, 3.8) is 0 Å². The number of ether oxygens (including phenoxy) is 2. The molecule has 2 aliphatic heterocycles. The minimum atomic E-state index is -0.973. The minimum absolute atomic E-state index is 0.0371. The van der Waals surface area contributed by atoms with E-state index in [1.807, 2.05) is 18.2 Å². The third-order valence-electron chi connectivity index (χ3n) is 6.15. The zero-order chi connectivity index (χ0) is 20.0. The van der Waals surface area contributed by atoms with E-state index in [0.717, 1.165) is 31.4 Å². The number of anilines is 1. The van der Waals surface area contributed by atoms with Crippen LogP contribution in [0.15, 0.2) is 23.2 Å². The lowest BCUT2D eigenvalue weighted by Gasteiger charge is -2.37. The maximum absolute atomic E-state index is 12.9. The maximum atomic E-state index is 12.9. The summed E-state index contributed by atoms with van der Waals surface area (Å²) in [7, 11) is 0. The first-order valence-corrected chi connectivity index (χ1v) is 11.0. The van der Waals surface area contributed by atoms with Gasteiger partial charge in [-0.3, -0.25) is 9.79 Å². The Morgan fingerprint density at radius 3 is 2.79 bits per heavy atom. The van der Waals surface area contributed by atoms with Gasteiger partial charge in [0.2, 0.25) is 12.7 Å². The van der Waals surface area contributed by atoms with Crippen LogP contribution in [0.3, 0.4) is 0 Å². The summed E-state index contributed by atoms with van der Waals surface area (Å²) >= 11 is 1.46. The lowest BCUT2D eigenvalue weighted by molar-refractivity contribution is -0.130. The van der Waals surface area contributed by atoms with Crippen LogP contribution in [-0.4, -0.2) is 57.6 Å². The highest BCUT2D eigenvalue weighted by Crippen LogP contribution is 2.42. The van der Waals surface area contributed by atoms with E-state index in [0.29, 0.717) is 16.7 Å². The van der Waals surface area contributed by atoms with Gasteiger partial charge in [0.05, 0.1) is 18.1 Å². The van der Waals surface area contributed by atoms with Crippen LogP contribution in [-0.2, 0) is 4.79 Å². The molecule has 0 spiro atoms. The van der Waals surface area contributed by atoms with Gasteiger partial charge in [-0.05, 0) is 31.4 Å². The minimum Gasteiger partial charge on any atom is -0.454 e. The molecule has 5 rings (SSSR count). The van der Waals surface area contributed by atoms with Crippen molar-refractivity contribution < 1.29 is 24.5 Å². The van der Waals surface area contributed by atoms with Crippen molar-refractivity contribution in [2.45, 2.75) is 61.6 Å². The Labute approximate surface area is 173 Å². The predicted molar refractivity (Wildman–Crippen MR) is 109 cm³/mol. The van der Waals surface area contributed by atoms with Crippen molar-refractivity contribution in [2.75, 3.05) is 12.1 Å². The second kappa shape index (κ2) is 7.70. The van der Waals surface area contributed by atoms with Gasteiger partial charge in [-0.1, -0.05) is 24.6 Å². The molecular formula is C20H25N3O5S. The van der Waals surface area contributed by atoms with E-state index < -0.39 is 18.2 Å². The van der Waals surface area contributed by atoms with Crippen LogP contribution < -0.4 is 20.1 Å². The van der Waals surface area contributed by atoms with Crippen molar-refractivity contribution in [2.24, 2.45) is 10.9 Å². The summed E-state index contributed by atoms with van der Waals surface area (Å²) in [5.41, 5.74) is 0.793. The van der Waals surface area contributed by atoms with E-state index >= 15 is 0 Å². The molecule has 0 aromatic heterocycles. The normalized spacial score (nSPS) is 33.3. The number of carbonyl (C=O) groups is 1. The number of nitrogens with one attached hydrogen (secondary N) is 2. The van der Waals surface area contributed by atoms with Crippen molar-refractivity contribution >= 4 is 28.5 Å². The Balaban J connectivity index is 1.30. The number of amidine groups is 1. The highest BCUT2D eigenvalue weighted by atomic mass is 32.2. The molecule has 1 amide bonds. The fourth-order valence-electron chi connectivity index (χ4n) is 4.58. The lowest BCUT2D eigenvalue weighted by Crippen LogP contribution is -2.54. The van der Waals surface area contributed by atoms with E-state index in [4.69, 9.17) is 9.47 Å². The molecule has 8 nitrogen and oxygen atoms in total. The Hall–Kier alpha value is -1.97. The number of amides is 1. The standard InChI is InChI=1S/C20H25N3O5S/c24-13-8-12(19(26)21-10-3-1-2-4-10)18-16(17(13)25)23-20(29-18)22-11-5-6-14-15(7-11)28-9-27-14/h5-7,10,12-13,16-18,24-25H,1-4,8-9H2,(H,21,26)(H,22,23)/t12-,13+,16+,17-,18+/m0/s1. The zero-order valence-corrected chi connectivity index (χ0v) is 16.7. The van der Waals surface area contributed by atoms with Gasteiger partial charge in [0.1, 0.15) is 6.10 Å². The highest BCUT2D eigenvalue weighted by Gasteiger charge is 2.50. The number of aliphatic hydroxyl groups is 2. The average Bonchev–Trinajstić information content (AvgIpc) is 3.45. The molecule has 156 valence electrons. The van der Waals surface area contributed by atoms with E-state index in [2.05, 4.69) is 15.6 Å². The monoisotopic (exact) mass is 419 g/mol. The molecular weight excluding hydrogens is 394 g/mol. The van der Waals surface area contributed by atoms with Crippen LogP contribution in [0.25, 0.3) is 0 Å². The molecule has 1 aromatic rings. The van der Waals surface area contributed by atoms with E-state index in [9.17, 15) is 15.0 Å². The molecule has 4 N–H and O–H groups in total. The second-order valence-electron chi connectivity index (χ2n) is 8.09. The van der Waals surface area contributed by atoms with E-state index in [1.165, 1.54) is 11.8 Å². The number of thioether (sulfide) groups is 1. The Bertz CT molecular complexity index is 828. The fourth-order valence-corrected chi connectivity index (χ4v) is 5.96. The molecule has 0 bridgehead atoms. The molecule has 2 aliphatic carbocycles. The number of rotatable bonds is 3. The first kappa shape index (κ1) is 19.0. The Kier molecular flexibility index (Phi) is 5.05. The number of aliphatic hydroxyl groups excluding tert-OH is 2. The van der Waals surface area contributed by atoms with Crippen LogP contribution in [0, 0.1) is 5.92 Å². The first-order chi connectivity index (χ1) is 14.1. The number of hydrogen-bond donors (Lipinski definition) is 4. The number of benzene rings is 1. The third-order valence-corrected chi connectivity index (χ3v) is 7.46. The van der Waals surface area contributed by atoms with Crippen LogP contribution >= 0.6 is 11.8 Å². The molecule has 0 saturated heterocycles. The van der Waals surface area contributed by atoms with Gasteiger partial charge in [-0.25, -0.2) is 0 Å². The van der Waals surface area contributed by atoms with Gasteiger partial charge in [0, 0.05) is 23.0 Å². The maximum Gasteiger partial charge on any atom is 0.231 e. The molecule has 2 heterocycles. The molecule has 1 aromatic carbocycles. The second-order valence-corrected chi connectivity index (χ2v) is 9.26. The van der Waals surface area contributed by atoms with Crippen LogP contribution in [0.5, 0.6) is 11.5 Å². The number of hydrogen-bond acceptors (Lipinski definition) is 8. The summed E-state index contributed by atoms with van der Waals surface area (Å²) in [6.45, 7) is 0.209. The number of nitrogens with zero attached hydrogens (tertiary/aromatic N) is 1. The molecule has 9 heteroatoms. The molecule has 0 unspecified atom stereocenters. The number of carbonyl (C=O) groups excluding carboxylic acids is 1. The lowest BCUT2D eigenvalue weighted by atomic mass is 9.81. The predicted octanol–water partition coefficient (Wildman–Crippen LogP) is 1.47. The van der Waals surface area contributed by atoms with Gasteiger partial charge in [0.25, 0.3) is 0 Å². The SMILES string of the molecule is O=C(NC1CCCC1)[C@H]1C[C@@H](O)[C@H](O)[C@H]2N=C(Nc3ccc4c(c3)OCO4)S[C@@H]21. The van der Waals surface area contributed by atoms with Crippen molar-refractivity contribution in [3.05, 3.63) is 18.2 Å². The van der Waals surface area contributed by atoms with Gasteiger partial charge < -0.3 is 30.3 Å². The Morgan fingerprint density at radius 2 is 1.97 bits per heavy atom. The third kappa shape index (κ3) is 3.67. The Morgan fingerprint density at radius 1 is 1.17 bits per heavy atom.